The van der Waals surface area contributed by atoms with E-state index in [0.29, 0.717) is 13.1 Å². The van der Waals surface area contributed by atoms with Crippen LogP contribution in [0.5, 0.6) is 0 Å². The van der Waals surface area contributed by atoms with Crippen LogP contribution >= 0.6 is 0 Å². The van der Waals surface area contributed by atoms with Gasteiger partial charge in [-0.05, 0) is 99.0 Å². The number of likely N-dealkylation sites (tertiary alicyclic amines) is 3. The molecule has 4 atom stereocenters. The number of hydrogen-bond acceptors (Lipinski definition) is 7. The molecule has 14 nitrogen and oxygen atoms in total. The smallest absolute Gasteiger partial charge is 0.407 e. The van der Waals surface area contributed by atoms with Gasteiger partial charge in [0.25, 0.3) is 0 Å². The predicted octanol–water partition coefficient (Wildman–Crippen LogP) is 7.52. The van der Waals surface area contributed by atoms with Gasteiger partial charge in [0.2, 0.25) is 11.8 Å². The summed E-state index contributed by atoms with van der Waals surface area (Å²) >= 11 is 0. The van der Waals surface area contributed by atoms with Gasteiger partial charge in [-0.2, -0.15) is 0 Å². The number of hydrogen-bond donors (Lipinski definition) is 4. The number of nitrogens with one attached hydrogen (secondary N) is 4. The molecule has 0 bridgehead atoms. The van der Waals surface area contributed by atoms with Crippen LogP contribution in [-0.2, 0) is 25.2 Å². The number of benzene rings is 1. The molecule has 1 saturated carbocycles. The molecule has 0 unspecified atom stereocenters. The Bertz CT molecular complexity index is 1970. The van der Waals surface area contributed by atoms with Crippen LogP contribution in [0.4, 0.5) is 9.59 Å². The quantitative estimate of drug-likeness (QED) is 0.155. The second kappa shape index (κ2) is 18.0. The lowest BCUT2D eigenvalue weighted by Crippen LogP contribution is -2.55. The van der Waals surface area contributed by atoms with Crippen molar-refractivity contribution < 1.29 is 23.9 Å². The first-order valence-corrected chi connectivity index (χ1v) is 22.4. The molecule has 4 fully saturated rings. The maximum absolute atomic E-state index is 14.1. The van der Waals surface area contributed by atoms with Gasteiger partial charge in [-0.15, -0.1) is 0 Å². The first-order valence-electron chi connectivity index (χ1n) is 22.4. The molecule has 5 amide bonds. The molecule has 3 saturated heterocycles. The Morgan fingerprint density at radius 1 is 0.700 bits per heavy atom. The van der Waals surface area contributed by atoms with Crippen molar-refractivity contribution in [2.24, 2.45) is 11.8 Å². The third kappa shape index (κ3) is 8.93. The number of ether oxygens (including phenoxy) is 1. The summed E-state index contributed by atoms with van der Waals surface area (Å²) in [5, 5.41) is 5.81. The average Bonchev–Trinajstić information content (AvgIpc) is 4.10. The Kier molecular flexibility index (Phi) is 13.0. The maximum atomic E-state index is 14.1. The lowest BCUT2D eigenvalue weighted by molar-refractivity contribution is -0.136. The SMILES string of the molecule is COC(=O)N[C@H](C(=O)N1CCC[C@H]1c1ncc(-c2ccc(C3(C)CCC(C)(c4cnc([C@@H]5CCCN5C(=O)[C@@H](NC(=O)N5CCCCC5)C(C)C)[nH]4)CC3)cc2)[nH]1)C(C)C. The molecule has 14 heteroatoms. The minimum Gasteiger partial charge on any atom is -0.453 e. The number of methoxy groups -OCH3 is 1. The van der Waals surface area contributed by atoms with Crippen molar-refractivity contribution in [1.82, 2.24) is 45.3 Å². The van der Waals surface area contributed by atoms with Gasteiger partial charge < -0.3 is 40.0 Å². The third-order valence-corrected chi connectivity index (χ3v) is 14.1. The molecule has 4 aliphatic rings. The van der Waals surface area contributed by atoms with Crippen molar-refractivity contribution in [3.05, 3.63) is 59.6 Å². The number of aromatic amines is 2. The first kappa shape index (κ1) is 43.2. The van der Waals surface area contributed by atoms with Gasteiger partial charge in [0.15, 0.2) is 0 Å². The highest BCUT2D eigenvalue weighted by atomic mass is 16.5. The maximum Gasteiger partial charge on any atom is 0.407 e. The van der Waals surface area contributed by atoms with Crippen LogP contribution in [0.2, 0.25) is 0 Å². The molecule has 0 spiro atoms. The minimum atomic E-state index is -0.676. The van der Waals surface area contributed by atoms with Crippen LogP contribution in [0.1, 0.15) is 147 Å². The number of amides is 5. The van der Waals surface area contributed by atoms with Crippen LogP contribution in [-0.4, -0.2) is 104 Å². The van der Waals surface area contributed by atoms with Gasteiger partial charge in [0.05, 0.1) is 31.1 Å². The number of carbonyl (C=O) groups excluding carboxylic acids is 4. The van der Waals surface area contributed by atoms with E-state index in [1.807, 2.05) is 54.8 Å². The Morgan fingerprint density at radius 3 is 1.80 bits per heavy atom. The molecule has 326 valence electrons. The van der Waals surface area contributed by atoms with Crippen LogP contribution < -0.4 is 10.6 Å². The molecule has 7 rings (SSSR count). The topological polar surface area (TPSA) is 169 Å². The molecule has 0 radical (unpaired) electrons. The highest BCUT2D eigenvalue weighted by molar-refractivity contribution is 5.88. The van der Waals surface area contributed by atoms with Crippen molar-refractivity contribution in [2.45, 2.75) is 147 Å². The van der Waals surface area contributed by atoms with Gasteiger partial charge in [-0.25, -0.2) is 19.6 Å². The number of H-pyrrole nitrogens is 2. The van der Waals surface area contributed by atoms with Crippen LogP contribution in [0.25, 0.3) is 11.3 Å². The summed E-state index contributed by atoms with van der Waals surface area (Å²) in [6.45, 7) is 15.3. The fourth-order valence-corrected chi connectivity index (χ4v) is 9.95. The lowest BCUT2D eigenvalue weighted by Gasteiger charge is -2.43. The number of nitrogens with zero attached hydrogens (tertiary/aromatic N) is 5. The Hall–Kier alpha value is -4.88. The molecule has 2 aromatic heterocycles. The zero-order valence-corrected chi connectivity index (χ0v) is 36.8. The molecule has 3 aromatic rings. The Balaban J connectivity index is 0.970. The second-order valence-electron chi connectivity index (χ2n) is 19.0. The summed E-state index contributed by atoms with van der Waals surface area (Å²) in [4.78, 5) is 75.3. The number of urea groups is 1. The summed E-state index contributed by atoms with van der Waals surface area (Å²) in [6.07, 6.45) is 13.9. The molecule has 1 aliphatic carbocycles. The largest absolute Gasteiger partial charge is 0.453 e. The number of carbonyl (C=O) groups is 4. The van der Waals surface area contributed by atoms with E-state index in [-0.39, 0.29) is 52.6 Å². The second-order valence-corrected chi connectivity index (χ2v) is 19.0. The molecule has 4 N–H and O–H groups in total. The Morgan fingerprint density at radius 2 is 1.23 bits per heavy atom. The van der Waals surface area contributed by atoms with Gasteiger partial charge in [0.1, 0.15) is 23.7 Å². The molecule has 1 aromatic carbocycles. The molecular formula is C46H67N9O5. The van der Waals surface area contributed by atoms with E-state index in [1.165, 1.54) is 12.7 Å². The summed E-state index contributed by atoms with van der Waals surface area (Å²) < 4.78 is 4.78. The highest BCUT2D eigenvalue weighted by Crippen LogP contribution is 2.48. The van der Waals surface area contributed by atoms with Gasteiger partial charge >= 0.3 is 12.1 Å². The van der Waals surface area contributed by atoms with Crippen LogP contribution in [0.15, 0.2) is 36.7 Å². The van der Waals surface area contributed by atoms with Crippen molar-refractivity contribution in [1.29, 1.82) is 0 Å². The first-order chi connectivity index (χ1) is 28.7. The minimum absolute atomic E-state index is 0.0203. The van der Waals surface area contributed by atoms with Crippen LogP contribution in [0.3, 0.4) is 0 Å². The van der Waals surface area contributed by atoms with E-state index in [2.05, 4.69) is 58.7 Å². The van der Waals surface area contributed by atoms with E-state index in [4.69, 9.17) is 14.7 Å². The number of aromatic nitrogens is 4. The van der Waals surface area contributed by atoms with E-state index >= 15 is 0 Å². The third-order valence-electron chi connectivity index (χ3n) is 14.1. The zero-order chi connectivity index (χ0) is 42.8. The predicted molar refractivity (Wildman–Crippen MR) is 230 cm³/mol. The van der Waals surface area contributed by atoms with E-state index < -0.39 is 18.2 Å². The molecular weight excluding hydrogens is 759 g/mol. The zero-order valence-electron chi connectivity index (χ0n) is 36.8. The van der Waals surface area contributed by atoms with E-state index in [9.17, 15) is 19.2 Å². The summed E-state index contributed by atoms with van der Waals surface area (Å²) in [7, 11) is 1.30. The van der Waals surface area contributed by atoms with E-state index in [0.717, 1.165) is 112 Å². The van der Waals surface area contributed by atoms with Gasteiger partial charge in [-0.1, -0.05) is 65.8 Å². The average molecular weight is 826 g/mol. The van der Waals surface area contributed by atoms with Gasteiger partial charge in [0, 0.05) is 43.5 Å². The van der Waals surface area contributed by atoms with Crippen molar-refractivity contribution in [3.8, 4) is 11.3 Å². The van der Waals surface area contributed by atoms with Gasteiger partial charge in [-0.3, -0.25) is 9.59 Å². The Labute approximate surface area is 355 Å². The fourth-order valence-electron chi connectivity index (χ4n) is 9.95. The summed E-state index contributed by atoms with van der Waals surface area (Å²) in [5.74, 6) is 1.33. The number of piperidine rings is 1. The fraction of sp³-hybridized carbons (Fsp3) is 0.652. The van der Waals surface area contributed by atoms with E-state index in [1.54, 1.807) is 0 Å². The number of rotatable bonds is 11. The van der Waals surface area contributed by atoms with Crippen molar-refractivity contribution >= 4 is 23.9 Å². The summed E-state index contributed by atoms with van der Waals surface area (Å²) in [6, 6.07) is 7.12. The standard InChI is InChI=1S/C46H67N9O5/c1-29(2)37(51-43(58)53-23-9-8-10-24-53)41(56)55-26-12-14-35(55)40-48-28-36(50-40)46(6)21-19-45(5,20-22-46)32-17-15-31(16-18-32)33-27-47-39(49-33)34-13-11-25-54(34)42(57)38(30(3)4)52-44(59)60-7/h15-18,27-30,34-35,37-38H,8-14,19-26H2,1-7H3,(H,47,49)(H,48,50)(H,51,58)(H,52,59)/t34-,35-,37-,38-,45?,46?/m0/s1. The normalized spacial score (nSPS) is 25.7. The number of imidazole rings is 2. The molecule has 60 heavy (non-hydrogen) atoms. The van der Waals surface area contributed by atoms with Crippen LogP contribution in [0, 0.1) is 11.8 Å². The van der Waals surface area contributed by atoms with Crippen molar-refractivity contribution in [3.63, 3.8) is 0 Å². The van der Waals surface area contributed by atoms with Crippen molar-refractivity contribution in [2.75, 3.05) is 33.3 Å². The summed E-state index contributed by atoms with van der Waals surface area (Å²) in [5.41, 5.74) is 4.35. The lowest BCUT2D eigenvalue weighted by atomic mass is 9.62. The molecule has 3 aliphatic heterocycles. The molecule has 5 heterocycles. The monoisotopic (exact) mass is 826 g/mol. The highest BCUT2D eigenvalue weighted by Gasteiger charge is 2.43. The number of alkyl carbamates (subject to hydrolysis) is 1.